The highest BCUT2D eigenvalue weighted by atomic mass is 19.1. The number of hydrogen-bond acceptors (Lipinski definition) is 2. The van der Waals surface area contributed by atoms with Crippen LogP contribution in [-0.4, -0.2) is 29.0 Å². The Hall–Kier alpha value is -1.42. The molecule has 1 aromatic carbocycles. The molecule has 1 saturated heterocycles. The fourth-order valence-corrected chi connectivity index (χ4v) is 3.13. The van der Waals surface area contributed by atoms with Crippen molar-refractivity contribution in [2.24, 2.45) is 5.92 Å². The topological polar surface area (TPSA) is 29.9 Å². The maximum Gasteiger partial charge on any atom is 0.110 e. The Kier molecular flexibility index (Phi) is 4.01. The van der Waals surface area contributed by atoms with E-state index in [0.29, 0.717) is 6.42 Å². The first kappa shape index (κ1) is 13.6. The maximum absolute atomic E-state index is 14.5. The number of hydrogen-bond donors (Lipinski definition) is 1. The number of nitrogens with zero attached hydrogens (tertiary/aromatic N) is 2. The van der Waals surface area contributed by atoms with Gasteiger partial charge in [0.15, 0.2) is 0 Å². The fraction of sp³-hybridized carbons (Fsp3) is 0.562. The molecule has 3 rings (SSSR count). The summed E-state index contributed by atoms with van der Waals surface area (Å²) >= 11 is 0. The minimum Gasteiger partial charge on any atom is -0.316 e. The molecule has 1 aliphatic rings. The van der Waals surface area contributed by atoms with E-state index in [1.165, 1.54) is 0 Å². The minimum atomic E-state index is -0.800. The van der Waals surface area contributed by atoms with Crippen molar-refractivity contribution in [2.45, 2.75) is 38.9 Å². The molecule has 1 aliphatic heterocycles. The minimum absolute atomic E-state index is 0.134. The highest BCUT2D eigenvalue weighted by molar-refractivity contribution is 5.82. The van der Waals surface area contributed by atoms with Crippen LogP contribution >= 0.6 is 0 Å². The molecule has 4 heteroatoms. The van der Waals surface area contributed by atoms with Crippen LogP contribution in [0.15, 0.2) is 24.3 Å². The standard InChI is InChI=1S/C16H22FN3/c1-2-20-16-8-4-3-7-13(16)15(19-20)10-14(17)12-6-5-9-18-11-12/h3-4,7-8,12,14,18H,2,5-6,9-11H2,1H3. The average Bonchev–Trinajstić information content (AvgIpc) is 2.86. The zero-order valence-electron chi connectivity index (χ0n) is 12.0. The van der Waals surface area contributed by atoms with Crippen LogP contribution in [0, 0.1) is 5.92 Å². The number of fused-ring (bicyclic) bond motifs is 1. The molecule has 1 fully saturated rings. The van der Waals surface area contributed by atoms with Crippen molar-refractivity contribution in [3.05, 3.63) is 30.0 Å². The predicted octanol–water partition coefficient (Wildman–Crippen LogP) is 2.94. The molecule has 0 saturated carbocycles. The van der Waals surface area contributed by atoms with Gasteiger partial charge in [-0.15, -0.1) is 0 Å². The summed E-state index contributed by atoms with van der Waals surface area (Å²) in [5.74, 6) is 0.134. The molecule has 108 valence electrons. The number of piperidine rings is 1. The van der Waals surface area contributed by atoms with Crippen molar-refractivity contribution in [1.29, 1.82) is 0 Å². The van der Waals surface area contributed by atoms with Gasteiger partial charge in [0.2, 0.25) is 0 Å². The van der Waals surface area contributed by atoms with Crippen LogP contribution in [0.4, 0.5) is 4.39 Å². The molecule has 0 amide bonds. The van der Waals surface area contributed by atoms with Crippen LogP contribution in [0.2, 0.25) is 0 Å². The van der Waals surface area contributed by atoms with Gasteiger partial charge in [0, 0.05) is 30.8 Å². The Morgan fingerprint density at radius 2 is 2.30 bits per heavy atom. The van der Waals surface area contributed by atoms with Crippen LogP contribution in [0.5, 0.6) is 0 Å². The van der Waals surface area contributed by atoms with Gasteiger partial charge in [-0.2, -0.15) is 5.10 Å². The highest BCUT2D eigenvalue weighted by Gasteiger charge is 2.25. The molecule has 2 aromatic rings. The molecule has 2 heterocycles. The number of aryl methyl sites for hydroxylation is 1. The summed E-state index contributed by atoms with van der Waals surface area (Å²) in [7, 11) is 0. The summed E-state index contributed by atoms with van der Waals surface area (Å²) in [4.78, 5) is 0. The van der Waals surface area contributed by atoms with E-state index in [1.54, 1.807) is 0 Å². The molecule has 1 N–H and O–H groups in total. The van der Waals surface area contributed by atoms with Crippen LogP contribution < -0.4 is 5.32 Å². The van der Waals surface area contributed by atoms with Gasteiger partial charge < -0.3 is 5.32 Å². The summed E-state index contributed by atoms with van der Waals surface area (Å²) in [5, 5.41) is 8.99. The number of para-hydroxylation sites is 1. The lowest BCUT2D eigenvalue weighted by Gasteiger charge is -2.25. The smallest absolute Gasteiger partial charge is 0.110 e. The molecule has 0 spiro atoms. The number of aromatic nitrogens is 2. The summed E-state index contributed by atoms with van der Waals surface area (Å²) < 4.78 is 16.5. The molecule has 1 aromatic heterocycles. The number of nitrogens with one attached hydrogen (secondary N) is 1. The van der Waals surface area contributed by atoms with Gasteiger partial charge in [0.1, 0.15) is 6.17 Å². The third kappa shape index (κ3) is 2.57. The molecule has 3 nitrogen and oxygen atoms in total. The van der Waals surface area contributed by atoms with E-state index in [4.69, 9.17) is 0 Å². The molecule has 0 bridgehead atoms. The second-order valence-electron chi connectivity index (χ2n) is 5.61. The quantitative estimate of drug-likeness (QED) is 0.929. The Labute approximate surface area is 119 Å². The van der Waals surface area contributed by atoms with E-state index in [2.05, 4.69) is 29.5 Å². The Bertz CT molecular complexity index is 572. The van der Waals surface area contributed by atoms with E-state index >= 15 is 0 Å². The zero-order valence-corrected chi connectivity index (χ0v) is 12.0. The second-order valence-corrected chi connectivity index (χ2v) is 5.61. The second kappa shape index (κ2) is 5.92. The van der Waals surface area contributed by atoms with Gasteiger partial charge >= 0.3 is 0 Å². The van der Waals surface area contributed by atoms with Crippen molar-refractivity contribution in [1.82, 2.24) is 15.1 Å². The van der Waals surface area contributed by atoms with Crippen LogP contribution in [-0.2, 0) is 13.0 Å². The van der Waals surface area contributed by atoms with Crippen molar-refractivity contribution in [3.63, 3.8) is 0 Å². The van der Waals surface area contributed by atoms with Crippen molar-refractivity contribution in [2.75, 3.05) is 13.1 Å². The van der Waals surface area contributed by atoms with Gasteiger partial charge in [0.05, 0.1) is 11.2 Å². The Morgan fingerprint density at radius 1 is 1.45 bits per heavy atom. The van der Waals surface area contributed by atoms with Gasteiger partial charge in [-0.05, 0) is 32.4 Å². The molecule has 20 heavy (non-hydrogen) atoms. The predicted molar refractivity (Wildman–Crippen MR) is 79.6 cm³/mol. The Balaban J connectivity index is 1.83. The summed E-state index contributed by atoms with van der Waals surface area (Å²) in [5.41, 5.74) is 2.01. The first-order valence-electron chi connectivity index (χ1n) is 7.58. The summed E-state index contributed by atoms with van der Waals surface area (Å²) in [6.07, 6.45) is 1.70. The van der Waals surface area contributed by atoms with Gasteiger partial charge in [-0.1, -0.05) is 18.2 Å². The molecule has 2 atom stereocenters. The lowest BCUT2D eigenvalue weighted by atomic mass is 9.92. The largest absolute Gasteiger partial charge is 0.316 e. The van der Waals surface area contributed by atoms with Gasteiger partial charge in [-0.3, -0.25) is 4.68 Å². The summed E-state index contributed by atoms with van der Waals surface area (Å²) in [6, 6.07) is 8.13. The number of alkyl halides is 1. The Morgan fingerprint density at radius 3 is 3.05 bits per heavy atom. The molecule has 0 aliphatic carbocycles. The first-order valence-corrected chi connectivity index (χ1v) is 7.58. The monoisotopic (exact) mass is 275 g/mol. The van der Waals surface area contributed by atoms with Crippen LogP contribution in [0.1, 0.15) is 25.5 Å². The highest BCUT2D eigenvalue weighted by Crippen LogP contribution is 2.25. The van der Waals surface area contributed by atoms with Gasteiger partial charge in [-0.25, -0.2) is 4.39 Å². The van der Waals surface area contributed by atoms with Crippen molar-refractivity contribution in [3.8, 4) is 0 Å². The lowest BCUT2D eigenvalue weighted by molar-refractivity contribution is 0.190. The van der Waals surface area contributed by atoms with Crippen LogP contribution in [0.3, 0.4) is 0 Å². The van der Waals surface area contributed by atoms with E-state index in [9.17, 15) is 4.39 Å². The molecule has 0 radical (unpaired) electrons. The van der Waals surface area contributed by atoms with Gasteiger partial charge in [0.25, 0.3) is 0 Å². The van der Waals surface area contributed by atoms with E-state index in [-0.39, 0.29) is 5.92 Å². The summed E-state index contributed by atoms with van der Waals surface area (Å²) in [6.45, 7) is 4.72. The fourth-order valence-electron chi connectivity index (χ4n) is 3.13. The molecular weight excluding hydrogens is 253 g/mol. The third-order valence-electron chi connectivity index (χ3n) is 4.27. The van der Waals surface area contributed by atoms with E-state index in [0.717, 1.165) is 49.1 Å². The number of rotatable bonds is 4. The normalized spacial score (nSPS) is 21.2. The molecular formula is C16H22FN3. The first-order chi connectivity index (χ1) is 9.79. The average molecular weight is 275 g/mol. The maximum atomic E-state index is 14.5. The van der Waals surface area contributed by atoms with Crippen molar-refractivity contribution < 1.29 is 4.39 Å². The SMILES string of the molecule is CCn1nc(CC(F)C2CCCNC2)c2ccccc21. The number of benzene rings is 1. The van der Waals surface area contributed by atoms with Crippen LogP contribution in [0.25, 0.3) is 10.9 Å². The van der Waals surface area contributed by atoms with E-state index < -0.39 is 6.17 Å². The zero-order chi connectivity index (χ0) is 13.9. The molecule has 2 unspecified atom stereocenters. The third-order valence-corrected chi connectivity index (χ3v) is 4.27. The van der Waals surface area contributed by atoms with Crippen molar-refractivity contribution >= 4 is 10.9 Å². The number of halogens is 1. The van der Waals surface area contributed by atoms with E-state index in [1.807, 2.05) is 16.8 Å². The lowest BCUT2D eigenvalue weighted by Crippen LogP contribution is -2.35.